The van der Waals surface area contributed by atoms with Crippen LogP contribution < -0.4 is 0 Å². The molecule has 1 aliphatic carbocycles. The summed E-state index contributed by atoms with van der Waals surface area (Å²) >= 11 is 0. The van der Waals surface area contributed by atoms with E-state index in [0.29, 0.717) is 18.2 Å². The van der Waals surface area contributed by atoms with E-state index in [0.717, 1.165) is 24.0 Å². The van der Waals surface area contributed by atoms with E-state index >= 15 is 0 Å². The number of carboxylic acid groups (broad SMARTS) is 1. The van der Waals surface area contributed by atoms with Crippen molar-refractivity contribution in [3.05, 3.63) is 59.2 Å². The minimum Gasteiger partial charge on any atom is -0.480 e. The lowest BCUT2D eigenvalue weighted by Crippen LogP contribution is -2.48. The van der Waals surface area contributed by atoms with Crippen LogP contribution in [0.2, 0.25) is 0 Å². The molecular formula is C18H17N3O3. The van der Waals surface area contributed by atoms with Crippen LogP contribution in [0.4, 0.5) is 0 Å². The van der Waals surface area contributed by atoms with E-state index in [4.69, 9.17) is 0 Å². The largest absolute Gasteiger partial charge is 0.480 e. The second kappa shape index (κ2) is 5.70. The number of carbonyl (C=O) groups is 2. The van der Waals surface area contributed by atoms with Crippen LogP contribution in [0.25, 0.3) is 0 Å². The van der Waals surface area contributed by atoms with Crippen LogP contribution in [-0.4, -0.2) is 37.9 Å². The fraction of sp³-hybridized carbons (Fsp3) is 0.333. The van der Waals surface area contributed by atoms with Gasteiger partial charge in [-0.15, -0.1) is 0 Å². The van der Waals surface area contributed by atoms with E-state index in [-0.39, 0.29) is 18.1 Å². The summed E-state index contributed by atoms with van der Waals surface area (Å²) in [5, 5.41) is 9.56. The lowest BCUT2D eigenvalue weighted by Gasteiger charge is -2.34. The molecule has 0 radical (unpaired) electrons. The van der Waals surface area contributed by atoms with Gasteiger partial charge in [-0.2, -0.15) is 0 Å². The number of fused-ring (bicyclic) bond motifs is 1. The number of aromatic nitrogens is 2. The van der Waals surface area contributed by atoms with E-state index in [9.17, 15) is 14.7 Å². The molecule has 1 saturated carbocycles. The molecule has 2 heterocycles. The first-order valence-corrected chi connectivity index (χ1v) is 8.07. The molecule has 2 aromatic rings. The molecule has 1 amide bonds. The minimum atomic E-state index is -0.991. The Morgan fingerprint density at radius 1 is 1.12 bits per heavy atom. The van der Waals surface area contributed by atoms with Gasteiger partial charge in [-0.05, 0) is 30.0 Å². The third-order valence-electron chi connectivity index (χ3n) is 4.63. The summed E-state index contributed by atoms with van der Waals surface area (Å²) in [5.41, 5.74) is 2.24. The van der Waals surface area contributed by atoms with Crippen molar-refractivity contribution in [2.75, 3.05) is 0 Å². The molecule has 6 nitrogen and oxygen atoms in total. The molecule has 1 aliphatic heterocycles. The number of carboxylic acids is 1. The quantitative estimate of drug-likeness (QED) is 0.934. The number of rotatable bonds is 3. The highest BCUT2D eigenvalue weighted by Gasteiger charge is 2.36. The molecule has 0 spiro atoms. The van der Waals surface area contributed by atoms with Gasteiger partial charge in [0, 0.05) is 25.1 Å². The Hall–Kier alpha value is -2.76. The second-order valence-electron chi connectivity index (χ2n) is 6.33. The summed E-state index contributed by atoms with van der Waals surface area (Å²) in [6.45, 7) is 0.286. The smallest absolute Gasteiger partial charge is 0.326 e. The second-order valence-corrected chi connectivity index (χ2v) is 6.33. The van der Waals surface area contributed by atoms with Crippen molar-refractivity contribution in [2.45, 2.75) is 37.8 Å². The lowest BCUT2D eigenvalue weighted by atomic mass is 9.93. The zero-order valence-corrected chi connectivity index (χ0v) is 13.1. The third-order valence-corrected chi connectivity index (χ3v) is 4.63. The summed E-state index contributed by atoms with van der Waals surface area (Å²) in [5.74, 6) is -0.309. The molecule has 6 heteroatoms. The maximum atomic E-state index is 12.9. The van der Waals surface area contributed by atoms with E-state index in [1.165, 1.54) is 4.90 Å². The van der Waals surface area contributed by atoms with Crippen LogP contribution >= 0.6 is 0 Å². The fourth-order valence-electron chi connectivity index (χ4n) is 3.14. The number of nitrogens with zero attached hydrogens (tertiary/aromatic N) is 3. The first kappa shape index (κ1) is 14.8. The van der Waals surface area contributed by atoms with Crippen molar-refractivity contribution < 1.29 is 14.7 Å². The normalized spacial score (nSPS) is 19.7. The van der Waals surface area contributed by atoms with E-state index in [1.54, 1.807) is 12.3 Å². The molecule has 1 N–H and O–H groups in total. The molecular weight excluding hydrogens is 306 g/mol. The molecule has 0 bridgehead atoms. The molecule has 24 heavy (non-hydrogen) atoms. The molecule has 1 fully saturated rings. The van der Waals surface area contributed by atoms with Crippen LogP contribution in [-0.2, 0) is 17.8 Å². The van der Waals surface area contributed by atoms with Crippen molar-refractivity contribution in [1.29, 1.82) is 0 Å². The zero-order valence-electron chi connectivity index (χ0n) is 13.1. The number of carbonyl (C=O) groups excluding carboxylic acids is 1. The average Bonchev–Trinajstić information content (AvgIpc) is 3.45. The van der Waals surface area contributed by atoms with Gasteiger partial charge in [0.05, 0.1) is 0 Å². The van der Waals surface area contributed by atoms with Gasteiger partial charge in [0.2, 0.25) is 0 Å². The van der Waals surface area contributed by atoms with Gasteiger partial charge < -0.3 is 10.0 Å². The minimum absolute atomic E-state index is 0.275. The Kier molecular flexibility index (Phi) is 3.52. The van der Waals surface area contributed by atoms with Crippen LogP contribution in [0.1, 0.15) is 46.2 Å². The van der Waals surface area contributed by atoms with Crippen molar-refractivity contribution in [2.24, 2.45) is 0 Å². The maximum Gasteiger partial charge on any atom is 0.326 e. The number of aliphatic carboxylic acids is 1. The van der Waals surface area contributed by atoms with Crippen molar-refractivity contribution in [3.63, 3.8) is 0 Å². The Morgan fingerprint density at radius 3 is 2.58 bits per heavy atom. The monoisotopic (exact) mass is 323 g/mol. The standard InChI is InChI=1S/C18H17N3O3/c22-17(14-7-8-19-16(20-14)11-5-6-11)21-10-13-4-2-1-3-12(13)9-15(21)18(23)24/h1-4,7-8,11,15H,5-6,9-10H2,(H,23,24). The molecule has 1 aromatic carbocycles. The molecule has 0 saturated heterocycles. The highest BCUT2D eigenvalue weighted by Crippen LogP contribution is 2.37. The number of benzene rings is 1. The Bertz CT molecular complexity index is 817. The predicted octanol–water partition coefficient (Wildman–Crippen LogP) is 2.01. The van der Waals surface area contributed by atoms with Gasteiger partial charge in [0.15, 0.2) is 0 Å². The Balaban J connectivity index is 1.67. The van der Waals surface area contributed by atoms with Gasteiger partial charge >= 0.3 is 5.97 Å². The highest BCUT2D eigenvalue weighted by molar-refractivity contribution is 5.95. The van der Waals surface area contributed by atoms with E-state index in [1.807, 2.05) is 24.3 Å². The summed E-state index contributed by atoms with van der Waals surface area (Å²) < 4.78 is 0. The lowest BCUT2D eigenvalue weighted by molar-refractivity contribution is -0.142. The number of amides is 1. The van der Waals surface area contributed by atoms with Crippen LogP contribution in [0.5, 0.6) is 0 Å². The summed E-state index contributed by atoms with van der Waals surface area (Å²) in [4.78, 5) is 34.6. The van der Waals surface area contributed by atoms with Crippen LogP contribution in [0.3, 0.4) is 0 Å². The summed E-state index contributed by atoms with van der Waals surface area (Å²) in [6, 6.07) is 8.34. The van der Waals surface area contributed by atoms with Gasteiger partial charge in [-0.1, -0.05) is 24.3 Å². The van der Waals surface area contributed by atoms with Gasteiger partial charge in [0.1, 0.15) is 17.6 Å². The van der Waals surface area contributed by atoms with Gasteiger partial charge in [-0.3, -0.25) is 4.79 Å². The predicted molar refractivity (Wildman–Crippen MR) is 85.5 cm³/mol. The molecule has 2 aliphatic rings. The first-order chi connectivity index (χ1) is 11.6. The van der Waals surface area contributed by atoms with Gasteiger partial charge in [0.25, 0.3) is 5.91 Å². The number of hydrogen-bond donors (Lipinski definition) is 1. The highest BCUT2D eigenvalue weighted by atomic mass is 16.4. The van der Waals surface area contributed by atoms with Crippen molar-refractivity contribution >= 4 is 11.9 Å². The molecule has 1 aromatic heterocycles. The van der Waals surface area contributed by atoms with Crippen LogP contribution in [0.15, 0.2) is 36.5 Å². The van der Waals surface area contributed by atoms with Crippen LogP contribution in [0, 0.1) is 0 Å². The molecule has 122 valence electrons. The van der Waals surface area contributed by atoms with Crippen molar-refractivity contribution in [1.82, 2.24) is 14.9 Å². The first-order valence-electron chi connectivity index (χ1n) is 8.07. The average molecular weight is 323 g/mol. The fourth-order valence-corrected chi connectivity index (χ4v) is 3.14. The SMILES string of the molecule is O=C(O)C1Cc2ccccc2CN1C(=O)c1ccnc(C2CC2)n1. The number of hydrogen-bond acceptors (Lipinski definition) is 4. The topological polar surface area (TPSA) is 83.4 Å². The summed E-state index contributed by atoms with van der Waals surface area (Å²) in [6.07, 6.45) is 4.00. The Labute approximate surface area is 139 Å². The maximum absolute atomic E-state index is 12.9. The molecule has 4 rings (SSSR count). The Morgan fingerprint density at radius 2 is 1.88 bits per heavy atom. The van der Waals surface area contributed by atoms with Gasteiger partial charge in [-0.25, -0.2) is 14.8 Å². The van der Waals surface area contributed by atoms with E-state index in [2.05, 4.69) is 9.97 Å². The third kappa shape index (κ3) is 2.64. The van der Waals surface area contributed by atoms with Crippen molar-refractivity contribution in [3.8, 4) is 0 Å². The van der Waals surface area contributed by atoms with E-state index < -0.39 is 12.0 Å². The molecule has 1 atom stereocenters. The zero-order chi connectivity index (χ0) is 16.7. The molecule has 1 unspecified atom stereocenters. The summed E-state index contributed by atoms with van der Waals surface area (Å²) in [7, 11) is 0.